The number of nitrogens with zero attached hydrogens (tertiary/aromatic N) is 1. The van der Waals surface area contributed by atoms with Crippen LogP contribution in [0.2, 0.25) is 0 Å². The maximum Gasteiger partial charge on any atom is 0.243 e. The molecule has 0 radical (unpaired) electrons. The van der Waals surface area contributed by atoms with Crippen LogP contribution in [0.1, 0.15) is 91.4 Å². The van der Waals surface area contributed by atoms with E-state index >= 15 is 0 Å². The molecule has 0 saturated carbocycles. The van der Waals surface area contributed by atoms with Crippen LogP contribution in [0.15, 0.2) is 0 Å². The van der Waals surface area contributed by atoms with Gasteiger partial charge in [-0.1, -0.05) is 12.8 Å². The van der Waals surface area contributed by atoms with Crippen molar-refractivity contribution in [1.29, 1.82) is 0 Å². The van der Waals surface area contributed by atoms with Crippen LogP contribution in [-0.2, 0) is 33.6 Å². The number of amides is 7. The predicted molar refractivity (Wildman–Crippen MR) is 158 cm³/mol. The number of carbonyl (C=O) groups is 7. The summed E-state index contributed by atoms with van der Waals surface area (Å²) in [5, 5.41) is 13.3. The Morgan fingerprint density at radius 2 is 1.00 bits per heavy atom. The van der Waals surface area contributed by atoms with Crippen LogP contribution in [0, 0.1) is 0 Å². The number of unbranched alkanes of at least 4 members (excludes halogenated alkanes) is 4. The molecule has 3 atom stereocenters. The van der Waals surface area contributed by atoms with Gasteiger partial charge in [0.05, 0.1) is 0 Å². The zero-order valence-corrected chi connectivity index (χ0v) is 25.8. The lowest BCUT2D eigenvalue weighted by atomic mass is 10.0. The van der Waals surface area contributed by atoms with E-state index in [4.69, 9.17) is 5.73 Å². The maximum absolute atomic E-state index is 13.3. The SMILES string of the molecule is CC(=O)NCCCC[C@H](NC(=O)[C@H](CCCCCC(=O)N(C)C)NC(=O)[C@H](CCCCNC(C)=O)NC(C)=O)C(N)=O. The first-order valence-electron chi connectivity index (χ1n) is 14.6. The molecule has 42 heavy (non-hydrogen) atoms. The summed E-state index contributed by atoms with van der Waals surface area (Å²) < 4.78 is 0. The van der Waals surface area contributed by atoms with Gasteiger partial charge in [0.15, 0.2) is 0 Å². The Bertz CT molecular complexity index is 911. The van der Waals surface area contributed by atoms with Gasteiger partial charge in [-0.2, -0.15) is 0 Å². The molecule has 0 aromatic carbocycles. The van der Waals surface area contributed by atoms with E-state index in [0.717, 1.165) is 0 Å². The van der Waals surface area contributed by atoms with Crippen LogP contribution in [0.25, 0.3) is 0 Å². The second kappa shape index (κ2) is 22.0. The average Bonchev–Trinajstić information content (AvgIpc) is 2.89. The smallest absolute Gasteiger partial charge is 0.243 e. The summed E-state index contributed by atoms with van der Waals surface area (Å²) in [7, 11) is 3.36. The first kappa shape index (κ1) is 38.3. The third-order valence-corrected chi connectivity index (χ3v) is 6.46. The second-order valence-electron chi connectivity index (χ2n) is 10.6. The molecule has 0 aliphatic carbocycles. The molecule has 0 aromatic rings. The van der Waals surface area contributed by atoms with Gasteiger partial charge >= 0.3 is 0 Å². The highest BCUT2D eigenvalue weighted by Gasteiger charge is 2.28. The van der Waals surface area contributed by atoms with Crippen molar-refractivity contribution in [2.24, 2.45) is 5.73 Å². The fraction of sp³-hybridized carbons (Fsp3) is 0.750. The molecule has 0 fully saturated rings. The average molecular weight is 598 g/mol. The minimum atomic E-state index is -1.00. The fourth-order valence-electron chi connectivity index (χ4n) is 4.11. The standard InChI is InChI=1S/C28H51N7O7/c1-19(36)30-17-11-9-13-22(26(29)40)33-28(42)24(14-7-6-8-16-25(39)35(4)5)34-27(41)23(32-21(3)38)15-10-12-18-31-20(2)37/h22-24H,6-18H2,1-5H3,(H2,29,40)(H,30,36)(H,31,37)(H,32,38)(H,33,42)(H,34,41)/t22-,23-,24-/m0/s1. The Labute approximate surface area is 249 Å². The zero-order valence-electron chi connectivity index (χ0n) is 25.8. The lowest BCUT2D eigenvalue weighted by molar-refractivity contribution is -0.133. The Morgan fingerprint density at radius 1 is 0.571 bits per heavy atom. The molecule has 240 valence electrons. The van der Waals surface area contributed by atoms with Gasteiger partial charge in [-0.25, -0.2) is 0 Å². The Morgan fingerprint density at radius 3 is 1.43 bits per heavy atom. The van der Waals surface area contributed by atoms with Crippen molar-refractivity contribution in [3.8, 4) is 0 Å². The van der Waals surface area contributed by atoms with Crippen molar-refractivity contribution in [1.82, 2.24) is 31.5 Å². The van der Waals surface area contributed by atoms with Gasteiger partial charge in [0, 0.05) is 54.4 Å². The lowest BCUT2D eigenvalue weighted by Crippen LogP contribution is -2.56. The van der Waals surface area contributed by atoms with Crippen molar-refractivity contribution in [2.45, 2.75) is 110 Å². The van der Waals surface area contributed by atoms with Crippen LogP contribution in [0.4, 0.5) is 0 Å². The third kappa shape index (κ3) is 19.4. The van der Waals surface area contributed by atoms with Gasteiger partial charge in [-0.3, -0.25) is 33.6 Å². The molecule has 0 aliphatic rings. The van der Waals surface area contributed by atoms with E-state index in [-0.39, 0.29) is 30.6 Å². The van der Waals surface area contributed by atoms with E-state index in [2.05, 4.69) is 26.6 Å². The number of primary amides is 1. The zero-order chi connectivity index (χ0) is 32.1. The van der Waals surface area contributed by atoms with Gasteiger partial charge in [-0.15, -0.1) is 0 Å². The minimum Gasteiger partial charge on any atom is -0.368 e. The van der Waals surface area contributed by atoms with Crippen molar-refractivity contribution < 1.29 is 33.6 Å². The Balaban J connectivity index is 5.38. The fourth-order valence-corrected chi connectivity index (χ4v) is 4.11. The van der Waals surface area contributed by atoms with Gasteiger partial charge in [0.1, 0.15) is 18.1 Å². The van der Waals surface area contributed by atoms with Gasteiger partial charge in [0.2, 0.25) is 41.4 Å². The first-order chi connectivity index (χ1) is 19.7. The van der Waals surface area contributed by atoms with Crippen molar-refractivity contribution in [3.05, 3.63) is 0 Å². The van der Waals surface area contributed by atoms with Crippen LogP contribution in [-0.4, -0.2) is 91.6 Å². The van der Waals surface area contributed by atoms with Crippen LogP contribution >= 0.6 is 0 Å². The molecule has 0 bridgehead atoms. The summed E-state index contributed by atoms with van der Waals surface area (Å²) in [6.07, 6.45) is 5.19. The van der Waals surface area contributed by atoms with Crippen molar-refractivity contribution in [3.63, 3.8) is 0 Å². The van der Waals surface area contributed by atoms with Crippen LogP contribution in [0.5, 0.6) is 0 Å². The molecule has 14 heteroatoms. The van der Waals surface area contributed by atoms with E-state index in [1.54, 1.807) is 14.1 Å². The van der Waals surface area contributed by atoms with Crippen LogP contribution < -0.4 is 32.3 Å². The van der Waals surface area contributed by atoms with Gasteiger partial charge < -0.3 is 37.2 Å². The number of nitrogens with two attached hydrogens (primary N) is 1. The molecular formula is C28H51N7O7. The summed E-state index contributed by atoms with van der Waals surface area (Å²) in [4.78, 5) is 85.7. The first-order valence-corrected chi connectivity index (χ1v) is 14.6. The molecular weight excluding hydrogens is 546 g/mol. The quantitative estimate of drug-likeness (QED) is 0.0909. The molecule has 0 spiro atoms. The number of rotatable bonds is 22. The number of nitrogens with one attached hydrogen (secondary N) is 5. The van der Waals surface area contributed by atoms with Gasteiger partial charge in [0.25, 0.3) is 0 Å². The molecule has 0 aliphatic heterocycles. The second-order valence-corrected chi connectivity index (χ2v) is 10.6. The highest BCUT2D eigenvalue weighted by Crippen LogP contribution is 2.10. The number of carbonyl (C=O) groups excluding carboxylic acids is 7. The molecule has 0 rings (SSSR count). The normalized spacial score (nSPS) is 12.7. The van der Waals surface area contributed by atoms with Crippen molar-refractivity contribution in [2.75, 3.05) is 27.2 Å². The topological polar surface area (TPSA) is 209 Å². The molecule has 14 nitrogen and oxygen atoms in total. The Kier molecular flexibility index (Phi) is 20.0. The van der Waals surface area contributed by atoms with Crippen molar-refractivity contribution >= 4 is 41.4 Å². The third-order valence-electron chi connectivity index (χ3n) is 6.46. The maximum atomic E-state index is 13.3. The van der Waals surface area contributed by atoms with E-state index < -0.39 is 41.8 Å². The summed E-state index contributed by atoms with van der Waals surface area (Å²) in [5.41, 5.74) is 5.52. The van der Waals surface area contributed by atoms with Crippen LogP contribution in [0.3, 0.4) is 0 Å². The van der Waals surface area contributed by atoms with E-state index in [9.17, 15) is 33.6 Å². The van der Waals surface area contributed by atoms with E-state index in [1.165, 1.54) is 25.7 Å². The molecule has 7 N–H and O–H groups in total. The summed E-state index contributed by atoms with van der Waals surface area (Å²) in [6, 6.07) is -2.86. The molecule has 7 amide bonds. The highest BCUT2D eigenvalue weighted by atomic mass is 16.2. The van der Waals surface area contributed by atoms with E-state index in [1.807, 2.05) is 0 Å². The minimum absolute atomic E-state index is 0.00273. The predicted octanol–water partition coefficient (Wildman–Crippen LogP) is -0.402. The number of hydrogen-bond acceptors (Lipinski definition) is 7. The van der Waals surface area contributed by atoms with E-state index in [0.29, 0.717) is 70.9 Å². The summed E-state index contributed by atoms with van der Waals surface area (Å²) >= 11 is 0. The van der Waals surface area contributed by atoms with Gasteiger partial charge in [-0.05, 0) is 51.4 Å². The summed E-state index contributed by atoms with van der Waals surface area (Å²) in [6.45, 7) is 4.97. The largest absolute Gasteiger partial charge is 0.368 e. The Hall–Kier alpha value is -3.71. The molecule has 0 heterocycles. The highest BCUT2D eigenvalue weighted by molar-refractivity contribution is 5.93. The molecule has 0 unspecified atom stereocenters. The molecule has 0 saturated heterocycles. The summed E-state index contributed by atoms with van der Waals surface area (Å²) in [5.74, 6) is -2.57. The lowest BCUT2D eigenvalue weighted by Gasteiger charge is -2.25. The number of hydrogen-bond donors (Lipinski definition) is 6. The monoisotopic (exact) mass is 597 g/mol. The molecule has 0 aromatic heterocycles.